The molecule has 10 heteroatoms. The summed E-state index contributed by atoms with van der Waals surface area (Å²) in [6.07, 6.45) is 0. The van der Waals surface area contributed by atoms with Crippen LogP contribution >= 0.6 is 0 Å². The lowest BCUT2D eigenvalue weighted by Gasteiger charge is -2.28. The monoisotopic (exact) mass is 1870 g/mol. The van der Waals surface area contributed by atoms with Crippen molar-refractivity contribution in [3.63, 3.8) is 0 Å². The van der Waals surface area contributed by atoms with Gasteiger partial charge in [-0.25, -0.2) is 0 Å². The van der Waals surface area contributed by atoms with Gasteiger partial charge in [0.25, 0.3) is 0 Å². The standard InChI is InChI=1S/2C68H42N2O3/c1-3-21-43(22-4-1)47-27-11-15-35-55(47)69(57-37-19-33-53-51-31-13-17-39-61(51)71-65(53)57)59-41-45-25-7-9-29-49(45)63-64-50-30-10-8-26-46(50)42-60(68(64)73-67(59)63)70(56-36-16-12-28-48(56)44-23-5-2-6-24-44)58-38-20-34-54-52-32-14-18-40-62(52)72-66(54)58;1-3-19-43(20-4-1)45-25-15-27-49(39-45)69(57-35-17-33-55-53-31-11-13-37-61(53)71-65(55)57)59-41-47-23-7-9-29-51(47)63-64-52-30-10-8-24-48(52)42-60(68(64)73-67(59)63)70(50-28-16-26-46(40-50)44-21-5-2-6-22-44)58-36-18-34-56-54-32-12-14-38-62(54)72-66(56)58/h2*1-42H. The first-order chi connectivity index (χ1) is 72.5. The van der Waals surface area contributed by atoms with E-state index in [1.54, 1.807) is 0 Å². The molecule has 684 valence electrons. The Morgan fingerprint density at radius 3 is 0.651 bits per heavy atom. The van der Waals surface area contributed by atoms with Gasteiger partial charge in [0, 0.05) is 87.1 Å². The van der Waals surface area contributed by atoms with Crippen molar-refractivity contribution in [1.82, 2.24) is 0 Å². The van der Waals surface area contributed by atoms with Crippen molar-refractivity contribution < 1.29 is 26.5 Å². The summed E-state index contributed by atoms with van der Waals surface area (Å²) in [5, 5.41) is 21.3. The van der Waals surface area contributed by atoms with E-state index in [9.17, 15) is 0 Å². The fourth-order valence-electron chi connectivity index (χ4n) is 22.7. The second kappa shape index (κ2) is 34.1. The Bertz CT molecular complexity index is 9880. The zero-order valence-electron chi connectivity index (χ0n) is 78.7. The number of rotatable bonds is 16. The molecule has 6 heterocycles. The third-order valence-electron chi connectivity index (χ3n) is 29.2. The van der Waals surface area contributed by atoms with Crippen molar-refractivity contribution in [2.24, 2.45) is 0 Å². The third-order valence-corrected chi connectivity index (χ3v) is 29.2. The van der Waals surface area contributed by atoms with E-state index in [2.05, 4.69) is 493 Å². The Morgan fingerprint density at radius 1 is 0.123 bits per heavy atom. The number of fused-ring (bicyclic) bond motifs is 26. The second-order valence-electron chi connectivity index (χ2n) is 37.4. The Labute approximate surface area is 837 Å². The predicted molar refractivity (Wildman–Crippen MR) is 607 cm³/mol. The van der Waals surface area contributed by atoms with E-state index in [1.807, 2.05) is 36.4 Å². The van der Waals surface area contributed by atoms with Crippen LogP contribution < -0.4 is 19.6 Å². The molecule has 0 aliphatic heterocycles. The molecule has 146 heavy (non-hydrogen) atoms. The summed E-state index contributed by atoms with van der Waals surface area (Å²) >= 11 is 0. The quantitative estimate of drug-likeness (QED) is 0.0931. The lowest BCUT2D eigenvalue weighted by atomic mass is 9.96. The molecule has 0 N–H and O–H groups in total. The first-order valence-electron chi connectivity index (χ1n) is 49.5. The van der Waals surface area contributed by atoms with Gasteiger partial charge in [-0.15, -0.1) is 0 Å². The number of hydrogen-bond donors (Lipinski definition) is 0. The summed E-state index contributed by atoms with van der Waals surface area (Å²) in [7, 11) is 0. The molecule has 0 saturated carbocycles. The zero-order valence-corrected chi connectivity index (χ0v) is 78.7. The van der Waals surface area contributed by atoms with E-state index in [1.165, 1.54) is 0 Å². The van der Waals surface area contributed by atoms with Gasteiger partial charge < -0.3 is 46.1 Å². The average Bonchev–Trinajstić information content (AvgIpc) is 1.54. The van der Waals surface area contributed by atoms with Crippen molar-refractivity contribution in [3.8, 4) is 44.5 Å². The van der Waals surface area contributed by atoms with E-state index in [-0.39, 0.29) is 0 Å². The zero-order chi connectivity index (χ0) is 96.0. The average molecular weight is 1870 g/mol. The maximum absolute atomic E-state index is 7.87. The smallest absolute Gasteiger partial charge is 0.160 e. The number of para-hydroxylation sites is 10. The highest BCUT2D eigenvalue weighted by Crippen LogP contribution is 2.59. The Balaban J connectivity index is 0.000000138. The van der Waals surface area contributed by atoms with Crippen LogP contribution in [0.2, 0.25) is 0 Å². The normalized spacial score (nSPS) is 11.8. The number of furan rings is 6. The molecule has 0 amide bonds. The van der Waals surface area contributed by atoms with Crippen LogP contribution in [0.1, 0.15) is 0 Å². The summed E-state index contributed by atoms with van der Waals surface area (Å²) < 4.78 is 43.3. The van der Waals surface area contributed by atoms with Crippen LogP contribution in [0.3, 0.4) is 0 Å². The molecular formula is C136H84N4O6. The molecule has 10 nitrogen and oxygen atoms in total. The van der Waals surface area contributed by atoms with Gasteiger partial charge in [-0.3, -0.25) is 0 Å². The molecule has 0 aliphatic rings. The Morgan fingerprint density at radius 2 is 0.342 bits per heavy atom. The van der Waals surface area contributed by atoms with E-state index < -0.39 is 0 Å². The van der Waals surface area contributed by atoms with Crippen molar-refractivity contribution >= 4 is 243 Å². The van der Waals surface area contributed by atoms with Gasteiger partial charge in [-0.1, -0.05) is 400 Å². The van der Waals surface area contributed by atoms with Gasteiger partial charge in [0.05, 0.1) is 56.9 Å². The van der Waals surface area contributed by atoms with Crippen LogP contribution in [-0.2, 0) is 0 Å². The minimum Gasteiger partial charge on any atom is -0.454 e. The number of hydrogen-bond acceptors (Lipinski definition) is 10. The van der Waals surface area contributed by atoms with Crippen molar-refractivity contribution in [3.05, 3.63) is 510 Å². The molecule has 0 spiro atoms. The Hall–Kier alpha value is -19.7. The molecule has 0 atom stereocenters. The second-order valence-corrected chi connectivity index (χ2v) is 37.4. The minimum atomic E-state index is 0.750. The molecule has 30 aromatic rings. The molecule has 24 aromatic carbocycles. The molecule has 0 fully saturated rings. The number of nitrogens with zero attached hydrogens (tertiary/aromatic N) is 4. The van der Waals surface area contributed by atoms with Gasteiger partial charge in [-0.2, -0.15) is 0 Å². The van der Waals surface area contributed by atoms with E-state index in [0.717, 1.165) is 287 Å². The fourth-order valence-corrected chi connectivity index (χ4v) is 22.7. The number of benzene rings is 24. The lowest BCUT2D eigenvalue weighted by molar-refractivity contribution is 0.664. The molecular weight excluding hydrogens is 1790 g/mol. The highest BCUT2D eigenvalue weighted by molar-refractivity contribution is 6.34. The van der Waals surface area contributed by atoms with Crippen LogP contribution in [-0.4, -0.2) is 0 Å². The predicted octanol–water partition coefficient (Wildman–Crippen LogP) is 39.9. The molecule has 0 aliphatic carbocycles. The maximum Gasteiger partial charge on any atom is 0.160 e. The summed E-state index contributed by atoms with van der Waals surface area (Å²) in [4.78, 5) is 9.41. The lowest BCUT2D eigenvalue weighted by Crippen LogP contribution is -2.12. The molecule has 6 aromatic heterocycles. The van der Waals surface area contributed by atoms with Gasteiger partial charge in [-0.05, 0) is 186 Å². The van der Waals surface area contributed by atoms with Crippen LogP contribution in [0.5, 0.6) is 0 Å². The summed E-state index contributed by atoms with van der Waals surface area (Å²) in [5.41, 5.74) is 29.3. The van der Waals surface area contributed by atoms with Crippen molar-refractivity contribution in [2.75, 3.05) is 19.6 Å². The molecule has 0 unspecified atom stereocenters. The topological polar surface area (TPSA) is 91.8 Å². The molecule has 0 saturated heterocycles. The van der Waals surface area contributed by atoms with Crippen molar-refractivity contribution in [2.45, 2.75) is 0 Å². The summed E-state index contributed by atoms with van der Waals surface area (Å²) in [5.74, 6) is 0. The highest BCUT2D eigenvalue weighted by atomic mass is 16.4. The van der Waals surface area contributed by atoms with Crippen molar-refractivity contribution in [1.29, 1.82) is 0 Å². The van der Waals surface area contributed by atoms with Crippen LogP contribution in [0.4, 0.5) is 68.2 Å². The fraction of sp³-hybridized carbons (Fsp3) is 0. The number of anilines is 12. The van der Waals surface area contributed by atoms with Crippen LogP contribution in [0.25, 0.3) is 219 Å². The highest BCUT2D eigenvalue weighted by Gasteiger charge is 2.35. The van der Waals surface area contributed by atoms with Gasteiger partial charge in [0.15, 0.2) is 44.7 Å². The maximum atomic E-state index is 7.87. The first-order valence-corrected chi connectivity index (χ1v) is 49.5. The molecule has 30 rings (SSSR count). The van der Waals surface area contributed by atoms with Gasteiger partial charge in [0.1, 0.15) is 22.3 Å². The minimum absolute atomic E-state index is 0.750. The molecule has 0 radical (unpaired) electrons. The van der Waals surface area contributed by atoms with Crippen LogP contribution in [0.15, 0.2) is 536 Å². The van der Waals surface area contributed by atoms with E-state index in [4.69, 9.17) is 26.5 Å². The van der Waals surface area contributed by atoms with Gasteiger partial charge in [0.2, 0.25) is 0 Å². The summed E-state index contributed by atoms with van der Waals surface area (Å²) in [6, 6.07) is 180. The van der Waals surface area contributed by atoms with E-state index >= 15 is 0 Å². The van der Waals surface area contributed by atoms with Gasteiger partial charge >= 0.3 is 0 Å². The van der Waals surface area contributed by atoms with E-state index in [0.29, 0.717) is 0 Å². The SMILES string of the molecule is c1ccc(-c2cccc(N(c3cccc4c3oc3ccccc34)c3cc4ccccc4c4c3oc3c(N(c5cccc(-c6ccccc6)c5)c5cccc6c5oc5ccccc56)cc5ccccc5c34)c2)cc1.c1ccc(-c2ccccc2N(c2cccc3c2oc2ccccc23)c2cc3ccccc3c3c2oc2c(N(c4ccccc4-c4ccccc4)c4cccc5c4oc4ccccc45)cc4ccccc4c23)cc1. The Kier molecular flexibility index (Phi) is 19.5. The summed E-state index contributed by atoms with van der Waals surface area (Å²) in [6.45, 7) is 0. The first kappa shape index (κ1) is 83.3. The third kappa shape index (κ3) is 13.5. The largest absolute Gasteiger partial charge is 0.454 e. The van der Waals surface area contributed by atoms with Crippen LogP contribution in [0, 0.1) is 0 Å². The molecule has 0 bridgehead atoms.